The average molecular weight is 327 g/mol. The van der Waals surface area contributed by atoms with Crippen LogP contribution in [0.2, 0.25) is 0 Å². The monoisotopic (exact) mass is 327 g/mol. The van der Waals surface area contributed by atoms with E-state index in [1.165, 1.54) is 0 Å². The predicted octanol–water partition coefficient (Wildman–Crippen LogP) is 2.68. The number of benzene rings is 1. The first-order chi connectivity index (χ1) is 11.6. The number of hydrogen-bond acceptors (Lipinski definition) is 4. The van der Waals surface area contributed by atoms with Crippen LogP contribution in [-0.2, 0) is 9.59 Å². The van der Waals surface area contributed by atoms with E-state index in [4.69, 9.17) is 4.42 Å². The Bertz CT molecular complexity index is 746. The van der Waals surface area contributed by atoms with Crippen molar-refractivity contribution in [2.45, 2.75) is 32.6 Å². The second kappa shape index (κ2) is 7.29. The molecule has 6 heteroatoms. The molecule has 1 aliphatic rings. The first-order valence-corrected chi connectivity index (χ1v) is 8.23. The van der Waals surface area contributed by atoms with Crippen LogP contribution in [0, 0.1) is 0 Å². The van der Waals surface area contributed by atoms with Crippen molar-refractivity contribution < 1.29 is 14.0 Å². The van der Waals surface area contributed by atoms with Gasteiger partial charge in [0.1, 0.15) is 17.8 Å². The summed E-state index contributed by atoms with van der Waals surface area (Å²) in [5, 5.41) is 5.08. The number of furan rings is 1. The van der Waals surface area contributed by atoms with Crippen molar-refractivity contribution >= 4 is 28.5 Å². The number of para-hydroxylation sites is 1. The minimum absolute atomic E-state index is 0.0423. The van der Waals surface area contributed by atoms with Crippen LogP contribution in [0.25, 0.3) is 11.0 Å². The van der Waals surface area contributed by atoms with E-state index in [1.807, 2.05) is 30.3 Å². The Balaban J connectivity index is 1.61. The van der Waals surface area contributed by atoms with Gasteiger partial charge in [-0.3, -0.25) is 9.59 Å². The summed E-state index contributed by atoms with van der Waals surface area (Å²) in [6.45, 7) is 2.46. The molecule has 1 aromatic carbocycles. The van der Waals surface area contributed by atoms with Crippen LogP contribution in [0.4, 0.5) is 0 Å². The fraction of sp³-hybridized carbons (Fsp3) is 0.389. The van der Waals surface area contributed by atoms with E-state index < -0.39 is 0 Å². The maximum atomic E-state index is 12.0. The second-order valence-corrected chi connectivity index (χ2v) is 6.01. The predicted molar refractivity (Wildman–Crippen MR) is 91.6 cm³/mol. The number of amides is 2. The zero-order valence-electron chi connectivity index (χ0n) is 13.7. The van der Waals surface area contributed by atoms with Crippen molar-refractivity contribution in [2.24, 2.45) is 5.10 Å². The SMILES string of the molecule is C/C(=N/NC(=O)CN1CCCCCC1=O)c1cc2ccccc2o1. The molecule has 1 saturated heterocycles. The molecule has 126 valence electrons. The van der Waals surface area contributed by atoms with Gasteiger partial charge in [-0.2, -0.15) is 5.10 Å². The first kappa shape index (κ1) is 16.2. The highest BCUT2D eigenvalue weighted by molar-refractivity contribution is 6.00. The van der Waals surface area contributed by atoms with Gasteiger partial charge in [0.2, 0.25) is 5.91 Å². The van der Waals surface area contributed by atoms with Crippen molar-refractivity contribution in [2.75, 3.05) is 13.1 Å². The number of likely N-dealkylation sites (tertiary alicyclic amines) is 1. The second-order valence-electron chi connectivity index (χ2n) is 6.01. The molecular formula is C18H21N3O3. The molecular weight excluding hydrogens is 306 g/mol. The zero-order chi connectivity index (χ0) is 16.9. The van der Waals surface area contributed by atoms with Gasteiger partial charge in [-0.1, -0.05) is 24.6 Å². The topological polar surface area (TPSA) is 74.9 Å². The van der Waals surface area contributed by atoms with Crippen LogP contribution >= 0.6 is 0 Å². The molecule has 2 aromatic rings. The molecule has 1 N–H and O–H groups in total. The minimum atomic E-state index is -0.291. The van der Waals surface area contributed by atoms with Crippen LogP contribution < -0.4 is 5.43 Å². The van der Waals surface area contributed by atoms with E-state index in [-0.39, 0.29) is 18.4 Å². The van der Waals surface area contributed by atoms with Crippen molar-refractivity contribution in [3.63, 3.8) is 0 Å². The van der Waals surface area contributed by atoms with Crippen molar-refractivity contribution in [1.29, 1.82) is 0 Å². The maximum absolute atomic E-state index is 12.0. The molecule has 0 atom stereocenters. The van der Waals surface area contributed by atoms with Gasteiger partial charge >= 0.3 is 0 Å². The normalized spacial score (nSPS) is 16.3. The largest absolute Gasteiger partial charge is 0.455 e. The van der Waals surface area contributed by atoms with Gasteiger partial charge in [0.05, 0.1) is 0 Å². The molecule has 3 rings (SSSR count). The first-order valence-electron chi connectivity index (χ1n) is 8.23. The lowest BCUT2D eigenvalue weighted by Gasteiger charge is -2.18. The number of carbonyl (C=O) groups excluding carboxylic acids is 2. The highest BCUT2D eigenvalue weighted by Crippen LogP contribution is 2.19. The molecule has 0 unspecified atom stereocenters. The van der Waals surface area contributed by atoms with E-state index >= 15 is 0 Å². The van der Waals surface area contributed by atoms with Gasteiger partial charge in [-0.15, -0.1) is 0 Å². The number of fused-ring (bicyclic) bond motifs is 1. The van der Waals surface area contributed by atoms with Gasteiger partial charge in [0.25, 0.3) is 5.91 Å². The standard InChI is InChI=1S/C18H21N3O3/c1-13(16-11-14-7-4-5-8-15(14)24-16)19-20-17(22)12-21-10-6-2-3-9-18(21)23/h4-5,7-8,11H,2-3,6,9-10,12H2,1H3,(H,20,22)/b19-13-. The Labute approximate surface area is 140 Å². The molecule has 0 aliphatic carbocycles. The highest BCUT2D eigenvalue weighted by Gasteiger charge is 2.19. The third-order valence-corrected chi connectivity index (χ3v) is 4.14. The molecule has 0 radical (unpaired) electrons. The minimum Gasteiger partial charge on any atom is -0.455 e. The molecule has 0 saturated carbocycles. The summed E-state index contributed by atoms with van der Waals surface area (Å²) in [6, 6.07) is 9.57. The summed E-state index contributed by atoms with van der Waals surface area (Å²) in [5.41, 5.74) is 3.87. The Hall–Kier alpha value is -2.63. The van der Waals surface area contributed by atoms with Crippen LogP contribution in [-0.4, -0.2) is 35.5 Å². The number of nitrogens with one attached hydrogen (secondary N) is 1. The molecule has 1 aliphatic heterocycles. The van der Waals surface area contributed by atoms with E-state index in [9.17, 15) is 9.59 Å². The van der Waals surface area contributed by atoms with E-state index in [2.05, 4.69) is 10.5 Å². The van der Waals surface area contributed by atoms with E-state index in [0.717, 1.165) is 30.2 Å². The highest BCUT2D eigenvalue weighted by atomic mass is 16.3. The Morgan fingerprint density at radius 3 is 2.96 bits per heavy atom. The summed E-state index contributed by atoms with van der Waals surface area (Å²) < 4.78 is 5.70. The molecule has 6 nitrogen and oxygen atoms in total. The van der Waals surface area contributed by atoms with Gasteiger partial charge in [0.15, 0.2) is 5.76 Å². The Morgan fingerprint density at radius 1 is 1.29 bits per heavy atom. The van der Waals surface area contributed by atoms with Crippen molar-refractivity contribution in [3.8, 4) is 0 Å². The van der Waals surface area contributed by atoms with Crippen LogP contribution in [0.1, 0.15) is 38.4 Å². The third-order valence-electron chi connectivity index (χ3n) is 4.14. The van der Waals surface area contributed by atoms with E-state index in [0.29, 0.717) is 24.4 Å². The van der Waals surface area contributed by atoms with Crippen molar-refractivity contribution in [3.05, 3.63) is 36.1 Å². The van der Waals surface area contributed by atoms with Gasteiger partial charge in [-0.05, 0) is 31.9 Å². The number of nitrogens with zero attached hydrogens (tertiary/aromatic N) is 2. The number of carbonyl (C=O) groups is 2. The lowest BCUT2D eigenvalue weighted by molar-refractivity contribution is -0.135. The van der Waals surface area contributed by atoms with E-state index in [1.54, 1.807) is 11.8 Å². The molecule has 0 bridgehead atoms. The lowest BCUT2D eigenvalue weighted by Crippen LogP contribution is -2.39. The fourth-order valence-corrected chi connectivity index (χ4v) is 2.78. The van der Waals surface area contributed by atoms with Gasteiger partial charge < -0.3 is 9.32 Å². The van der Waals surface area contributed by atoms with Crippen molar-refractivity contribution in [1.82, 2.24) is 10.3 Å². The van der Waals surface area contributed by atoms with Gasteiger partial charge in [-0.25, -0.2) is 5.43 Å². The molecule has 2 amide bonds. The van der Waals surface area contributed by atoms with Gasteiger partial charge in [0, 0.05) is 18.4 Å². The smallest absolute Gasteiger partial charge is 0.259 e. The summed E-state index contributed by atoms with van der Waals surface area (Å²) in [7, 11) is 0. The number of hydrogen-bond donors (Lipinski definition) is 1. The molecule has 1 aromatic heterocycles. The van der Waals surface area contributed by atoms with Crippen LogP contribution in [0.15, 0.2) is 39.9 Å². The Kier molecular flexibility index (Phi) is 4.93. The summed E-state index contributed by atoms with van der Waals surface area (Å²) >= 11 is 0. The third kappa shape index (κ3) is 3.82. The zero-order valence-corrected chi connectivity index (χ0v) is 13.7. The summed E-state index contributed by atoms with van der Waals surface area (Å²) in [6.07, 6.45) is 3.41. The summed E-state index contributed by atoms with van der Waals surface area (Å²) in [5.74, 6) is 0.365. The maximum Gasteiger partial charge on any atom is 0.259 e. The summed E-state index contributed by atoms with van der Waals surface area (Å²) in [4.78, 5) is 25.5. The number of rotatable bonds is 4. The molecule has 0 spiro atoms. The van der Waals surface area contributed by atoms with Crippen LogP contribution in [0.3, 0.4) is 0 Å². The van der Waals surface area contributed by atoms with Crippen LogP contribution in [0.5, 0.6) is 0 Å². The number of hydrazone groups is 1. The average Bonchev–Trinajstić information content (AvgIpc) is 2.92. The quantitative estimate of drug-likeness (QED) is 0.693. The molecule has 1 fully saturated rings. The lowest BCUT2D eigenvalue weighted by atomic mass is 10.2. The molecule has 2 heterocycles. The molecule has 24 heavy (non-hydrogen) atoms. The Morgan fingerprint density at radius 2 is 2.12 bits per heavy atom. The fourth-order valence-electron chi connectivity index (χ4n) is 2.78.